The van der Waals surface area contributed by atoms with E-state index in [0.717, 1.165) is 5.75 Å². The van der Waals surface area contributed by atoms with E-state index in [0.29, 0.717) is 43.3 Å². The number of carbonyl (C=O) groups is 2. The van der Waals surface area contributed by atoms with Crippen LogP contribution in [0.25, 0.3) is 0 Å². The molecule has 7 nitrogen and oxygen atoms in total. The maximum Gasteiger partial charge on any atom is 0.261 e. The molecule has 0 bridgehead atoms. The van der Waals surface area contributed by atoms with Gasteiger partial charge in [-0.15, -0.1) is 0 Å². The lowest BCUT2D eigenvalue weighted by atomic mass is 10.1. The molecule has 1 aliphatic heterocycles. The monoisotopic (exact) mass is 380 g/mol. The number of aliphatic imine (C=N–C) groups is 1. The van der Waals surface area contributed by atoms with E-state index in [2.05, 4.69) is 15.6 Å². The highest BCUT2D eigenvalue weighted by Gasteiger charge is 2.34. The lowest BCUT2D eigenvalue weighted by molar-refractivity contribution is 0.0659. The van der Waals surface area contributed by atoms with E-state index in [4.69, 9.17) is 4.74 Å². The summed E-state index contributed by atoms with van der Waals surface area (Å²) in [5.74, 6) is 0.919. The van der Waals surface area contributed by atoms with Crippen LogP contribution in [0.5, 0.6) is 5.75 Å². The summed E-state index contributed by atoms with van der Waals surface area (Å²) in [5.41, 5.74) is 0.916. The van der Waals surface area contributed by atoms with Crippen LogP contribution in [0.1, 0.15) is 27.6 Å². The maximum atomic E-state index is 12.4. The van der Waals surface area contributed by atoms with Gasteiger partial charge in [0.1, 0.15) is 12.4 Å². The molecule has 2 aromatic rings. The summed E-state index contributed by atoms with van der Waals surface area (Å²) in [5, 5.41) is 6.32. The van der Waals surface area contributed by atoms with Gasteiger partial charge in [-0.05, 0) is 31.2 Å². The number of amides is 2. The summed E-state index contributed by atoms with van der Waals surface area (Å²) < 4.78 is 5.64. The van der Waals surface area contributed by atoms with Crippen molar-refractivity contribution in [2.24, 2.45) is 4.99 Å². The van der Waals surface area contributed by atoms with Crippen LogP contribution in [0.4, 0.5) is 0 Å². The third-order valence-corrected chi connectivity index (χ3v) is 4.22. The van der Waals surface area contributed by atoms with Crippen LogP contribution >= 0.6 is 0 Å². The Morgan fingerprint density at radius 1 is 0.964 bits per heavy atom. The molecule has 0 radical (unpaired) electrons. The minimum atomic E-state index is -0.259. The van der Waals surface area contributed by atoms with Gasteiger partial charge in [-0.3, -0.25) is 19.5 Å². The van der Waals surface area contributed by atoms with Crippen LogP contribution in [0, 0.1) is 0 Å². The predicted octanol–water partition coefficient (Wildman–Crippen LogP) is 1.92. The van der Waals surface area contributed by atoms with Gasteiger partial charge in [0.15, 0.2) is 5.96 Å². The Balaban J connectivity index is 1.48. The Hall–Kier alpha value is -3.35. The van der Waals surface area contributed by atoms with Crippen molar-refractivity contribution < 1.29 is 14.3 Å². The first-order valence-corrected chi connectivity index (χ1v) is 9.36. The largest absolute Gasteiger partial charge is 0.492 e. The van der Waals surface area contributed by atoms with Gasteiger partial charge >= 0.3 is 0 Å². The molecule has 2 aromatic carbocycles. The van der Waals surface area contributed by atoms with Gasteiger partial charge in [0.05, 0.1) is 24.2 Å². The van der Waals surface area contributed by atoms with Crippen LogP contribution in [0.3, 0.4) is 0 Å². The molecule has 0 unspecified atom stereocenters. The van der Waals surface area contributed by atoms with Crippen LogP contribution in [-0.4, -0.2) is 55.5 Å². The second-order valence-electron chi connectivity index (χ2n) is 6.16. The number of benzene rings is 2. The van der Waals surface area contributed by atoms with Gasteiger partial charge in [-0.2, -0.15) is 0 Å². The quantitative estimate of drug-likeness (QED) is 0.316. The van der Waals surface area contributed by atoms with Crippen molar-refractivity contribution in [3.63, 3.8) is 0 Å². The molecule has 0 aromatic heterocycles. The fraction of sp³-hybridized carbons (Fsp3) is 0.286. The third-order valence-electron chi connectivity index (χ3n) is 4.22. The molecule has 0 fully saturated rings. The van der Waals surface area contributed by atoms with Crippen molar-refractivity contribution in [1.82, 2.24) is 15.5 Å². The number of hydrogen-bond donors (Lipinski definition) is 2. The number of fused-ring (bicyclic) bond motifs is 1. The molecular weight excluding hydrogens is 356 g/mol. The number of rotatable bonds is 8. The highest BCUT2D eigenvalue weighted by Crippen LogP contribution is 2.21. The molecule has 0 saturated heterocycles. The third kappa shape index (κ3) is 4.68. The summed E-state index contributed by atoms with van der Waals surface area (Å²) in [6.07, 6.45) is 0. The molecule has 0 spiro atoms. The van der Waals surface area contributed by atoms with Crippen LogP contribution in [0.2, 0.25) is 0 Å². The lowest BCUT2D eigenvalue weighted by Crippen LogP contribution is -2.40. The Morgan fingerprint density at radius 2 is 1.61 bits per heavy atom. The number of nitrogens with zero attached hydrogens (tertiary/aromatic N) is 2. The summed E-state index contributed by atoms with van der Waals surface area (Å²) in [6.45, 7) is 4.31. The van der Waals surface area contributed by atoms with E-state index in [1.165, 1.54) is 4.90 Å². The van der Waals surface area contributed by atoms with Crippen LogP contribution in [0.15, 0.2) is 59.6 Å². The van der Waals surface area contributed by atoms with E-state index in [9.17, 15) is 9.59 Å². The van der Waals surface area contributed by atoms with Crippen molar-refractivity contribution in [1.29, 1.82) is 0 Å². The summed E-state index contributed by atoms with van der Waals surface area (Å²) >= 11 is 0. The minimum absolute atomic E-state index is 0.240. The van der Waals surface area contributed by atoms with E-state index >= 15 is 0 Å². The zero-order valence-electron chi connectivity index (χ0n) is 15.9. The first-order chi connectivity index (χ1) is 13.7. The second kappa shape index (κ2) is 9.55. The Labute approximate surface area is 164 Å². The van der Waals surface area contributed by atoms with Gasteiger partial charge in [0, 0.05) is 13.1 Å². The standard InChI is InChI=1S/C21H24N4O3/c1-2-22-21(24-13-15-28-16-8-4-3-5-9-16)23-12-14-25-19(26)17-10-6-7-11-18(17)20(25)27/h3-11H,2,12-15H2,1H3,(H2,22,23,24). The molecule has 2 N–H and O–H groups in total. The summed E-state index contributed by atoms with van der Waals surface area (Å²) in [6, 6.07) is 16.5. The van der Waals surface area contributed by atoms with Crippen LogP contribution in [-0.2, 0) is 0 Å². The van der Waals surface area contributed by atoms with Crippen molar-refractivity contribution in [3.05, 3.63) is 65.7 Å². The van der Waals surface area contributed by atoms with E-state index in [-0.39, 0.29) is 18.4 Å². The average Bonchev–Trinajstić information content (AvgIpc) is 2.97. The van der Waals surface area contributed by atoms with Gasteiger partial charge in [0.2, 0.25) is 0 Å². The molecule has 1 heterocycles. The summed E-state index contributed by atoms with van der Waals surface area (Å²) in [4.78, 5) is 30.4. The first kappa shape index (κ1) is 19.4. The van der Waals surface area contributed by atoms with Crippen molar-refractivity contribution in [2.75, 3.05) is 32.8 Å². The number of hydrogen-bond acceptors (Lipinski definition) is 4. The van der Waals surface area contributed by atoms with E-state index in [1.54, 1.807) is 24.3 Å². The van der Waals surface area contributed by atoms with Gasteiger partial charge in [0.25, 0.3) is 11.8 Å². The van der Waals surface area contributed by atoms with Gasteiger partial charge < -0.3 is 15.4 Å². The highest BCUT2D eigenvalue weighted by molar-refractivity contribution is 6.21. The summed E-state index contributed by atoms with van der Waals surface area (Å²) in [7, 11) is 0. The molecule has 0 atom stereocenters. The molecule has 2 amide bonds. The smallest absolute Gasteiger partial charge is 0.261 e. The van der Waals surface area contributed by atoms with Gasteiger partial charge in [-0.25, -0.2) is 0 Å². The molecule has 7 heteroatoms. The average molecular weight is 380 g/mol. The SMILES string of the molecule is CCNC(=NCCN1C(=O)c2ccccc2C1=O)NCCOc1ccccc1. The fourth-order valence-electron chi connectivity index (χ4n) is 2.90. The molecular formula is C21H24N4O3. The lowest BCUT2D eigenvalue weighted by Gasteiger charge is -2.14. The molecule has 146 valence electrons. The number of carbonyl (C=O) groups excluding carboxylic acids is 2. The Kier molecular flexibility index (Phi) is 6.62. The molecule has 0 aliphatic carbocycles. The van der Waals surface area contributed by atoms with Gasteiger partial charge in [-0.1, -0.05) is 30.3 Å². The zero-order valence-corrected chi connectivity index (χ0v) is 15.9. The molecule has 3 rings (SSSR count). The maximum absolute atomic E-state index is 12.4. The van der Waals surface area contributed by atoms with Crippen LogP contribution < -0.4 is 15.4 Å². The second-order valence-corrected chi connectivity index (χ2v) is 6.16. The zero-order chi connectivity index (χ0) is 19.8. The van der Waals surface area contributed by atoms with Crippen molar-refractivity contribution in [3.8, 4) is 5.75 Å². The fourth-order valence-corrected chi connectivity index (χ4v) is 2.90. The normalized spacial score (nSPS) is 13.5. The van der Waals surface area contributed by atoms with E-state index in [1.807, 2.05) is 37.3 Å². The Morgan fingerprint density at radius 3 is 2.25 bits per heavy atom. The molecule has 0 saturated carbocycles. The van der Waals surface area contributed by atoms with Crippen molar-refractivity contribution in [2.45, 2.75) is 6.92 Å². The number of nitrogens with one attached hydrogen (secondary N) is 2. The first-order valence-electron chi connectivity index (χ1n) is 9.36. The molecule has 28 heavy (non-hydrogen) atoms. The Bertz CT molecular complexity index is 817. The number of guanidine groups is 1. The topological polar surface area (TPSA) is 83.0 Å². The van der Waals surface area contributed by atoms with Crippen molar-refractivity contribution >= 4 is 17.8 Å². The molecule has 1 aliphatic rings. The number of imide groups is 1. The van der Waals surface area contributed by atoms with E-state index < -0.39 is 0 Å². The minimum Gasteiger partial charge on any atom is -0.492 e. The predicted molar refractivity (Wildman–Crippen MR) is 108 cm³/mol. The number of ether oxygens (including phenoxy) is 1. The number of para-hydroxylation sites is 1. The highest BCUT2D eigenvalue weighted by atomic mass is 16.5.